The molecule has 0 saturated heterocycles. The van der Waals surface area contributed by atoms with Crippen molar-refractivity contribution in [3.63, 3.8) is 0 Å². The summed E-state index contributed by atoms with van der Waals surface area (Å²) in [7, 11) is 0. The number of anilines is 1. The quantitative estimate of drug-likeness (QED) is 0.704. The molecule has 2 N–H and O–H groups in total. The molecule has 11 heavy (non-hydrogen) atoms. The highest BCUT2D eigenvalue weighted by atomic mass is 79.9. The first-order valence-corrected chi connectivity index (χ1v) is 3.74. The standard InChI is InChI=1S/C6H4BrN4/c7-4-1-2-11-5(4)6(8)9-3-10-11/h1,3H,(H2,8,9,10). The summed E-state index contributed by atoms with van der Waals surface area (Å²) in [4.78, 5) is 3.84. The van der Waals surface area contributed by atoms with Gasteiger partial charge in [0.15, 0.2) is 5.82 Å². The molecule has 2 rings (SSSR count). The number of nitrogens with two attached hydrogens (primary N) is 1. The Balaban J connectivity index is 2.96. The SMILES string of the molecule is Nc1ncnn2[c]cc(Br)c12. The lowest BCUT2D eigenvalue weighted by Crippen LogP contribution is -1.97. The second-order valence-corrected chi connectivity index (χ2v) is 2.88. The highest BCUT2D eigenvalue weighted by molar-refractivity contribution is 9.10. The number of fused-ring (bicyclic) bond motifs is 1. The predicted octanol–water partition coefficient (Wildman–Crippen LogP) is 0.874. The van der Waals surface area contributed by atoms with Gasteiger partial charge in [0, 0.05) is 4.47 Å². The maximum absolute atomic E-state index is 5.58. The van der Waals surface area contributed by atoms with E-state index in [0.717, 1.165) is 9.99 Å². The van der Waals surface area contributed by atoms with Crippen molar-refractivity contribution in [2.75, 3.05) is 5.73 Å². The summed E-state index contributed by atoms with van der Waals surface area (Å²) in [5.41, 5.74) is 6.34. The molecule has 0 spiro atoms. The second kappa shape index (κ2) is 2.20. The topological polar surface area (TPSA) is 56.2 Å². The molecule has 0 fully saturated rings. The van der Waals surface area contributed by atoms with Gasteiger partial charge in [-0.2, -0.15) is 5.10 Å². The van der Waals surface area contributed by atoms with E-state index in [1.807, 2.05) is 0 Å². The molecule has 0 aromatic carbocycles. The van der Waals surface area contributed by atoms with Gasteiger partial charge < -0.3 is 5.73 Å². The minimum absolute atomic E-state index is 0.452. The second-order valence-electron chi connectivity index (χ2n) is 2.03. The van der Waals surface area contributed by atoms with Crippen LogP contribution in [0.25, 0.3) is 5.52 Å². The van der Waals surface area contributed by atoms with Crippen LogP contribution in [0.4, 0.5) is 5.82 Å². The fraction of sp³-hybridized carbons (Fsp3) is 0. The molecule has 5 heteroatoms. The Morgan fingerprint density at radius 3 is 3.18 bits per heavy atom. The number of hydrogen-bond donors (Lipinski definition) is 1. The largest absolute Gasteiger partial charge is 0.382 e. The first-order valence-electron chi connectivity index (χ1n) is 2.94. The summed E-state index contributed by atoms with van der Waals surface area (Å²) in [5, 5.41) is 3.90. The Labute approximate surface area is 71.2 Å². The Kier molecular flexibility index (Phi) is 1.32. The first-order chi connectivity index (χ1) is 5.29. The molecule has 55 valence electrons. The molecular weight excluding hydrogens is 208 g/mol. The van der Waals surface area contributed by atoms with Gasteiger partial charge in [-0.1, -0.05) is 0 Å². The monoisotopic (exact) mass is 211 g/mol. The Morgan fingerprint density at radius 1 is 1.64 bits per heavy atom. The molecule has 2 aromatic rings. The van der Waals surface area contributed by atoms with E-state index in [1.165, 1.54) is 6.33 Å². The summed E-state index contributed by atoms with van der Waals surface area (Å²) in [5.74, 6) is 0.452. The normalized spacial score (nSPS) is 10.6. The van der Waals surface area contributed by atoms with Gasteiger partial charge in [-0.15, -0.1) is 0 Å². The van der Waals surface area contributed by atoms with Crippen LogP contribution in [0.1, 0.15) is 0 Å². The predicted molar refractivity (Wildman–Crippen MR) is 43.9 cm³/mol. The van der Waals surface area contributed by atoms with Gasteiger partial charge >= 0.3 is 0 Å². The third-order valence-corrected chi connectivity index (χ3v) is 1.96. The van der Waals surface area contributed by atoms with E-state index in [-0.39, 0.29) is 0 Å². The fourth-order valence-corrected chi connectivity index (χ4v) is 1.35. The zero-order chi connectivity index (χ0) is 7.84. The number of hydrogen-bond acceptors (Lipinski definition) is 3. The lowest BCUT2D eigenvalue weighted by atomic mass is 10.5. The fourth-order valence-electron chi connectivity index (χ4n) is 0.875. The molecular formula is C6H4BrN4. The molecule has 0 amide bonds. The summed E-state index contributed by atoms with van der Waals surface area (Å²) in [6, 6.07) is 1.75. The minimum Gasteiger partial charge on any atom is -0.382 e. The van der Waals surface area contributed by atoms with Crippen molar-refractivity contribution in [3.05, 3.63) is 23.1 Å². The van der Waals surface area contributed by atoms with Crippen molar-refractivity contribution in [2.45, 2.75) is 0 Å². The van der Waals surface area contributed by atoms with Crippen LogP contribution in [0, 0.1) is 6.20 Å². The zero-order valence-electron chi connectivity index (χ0n) is 5.45. The van der Waals surface area contributed by atoms with Crippen LogP contribution in [0.2, 0.25) is 0 Å². The molecule has 0 aliphatic rings. The lowest BCUT2D eigenvalue weighted by Gasteiger charge is -1.95. The van der Waals surface area contributed by atoms with E-state index >= 15 is 0 Å². The Hall–Kier alpha value is -1.10. The molecule has 0 unspecified atom stereocenters. The smallest absolute Gasteiger partial charge is 0.152 e. The van der Waals surface area contributed by atoms with Gasteiger partial charge in [0.25, 0.3) is 0 Å². The molecule has 0 saturated carbocycles. The van der Waals surface area contributed by atoms with Crippen molar-refractivity contribution in [1.29, 1.82) is 0 Å². The summed E-state index contributed by atoms with van der Waals surface area (Å²) < 4.78 is 2.41. The van der Waals surface area contributed by atoms with Crippen LogP contribution in [0.3, 0.4) is 0 Å². The highest BCUT2D eigenvalue weighted by Gasteiger charge is 2.03. The van der Waals surface area contributed by atoms with Crippen LogP contribution in [0.5, 0.6) is 0 Å². The maximum Gasteiger partial charge on any atom is 0.152 e. The van der Waals surface area contributed by atoms with Crippen molar-refractivity contribution in [2.24, 2.45) is 0 Å². The van der Waals surface area contributed by atoms with E-state index in [2.05, 4.69) is 32.2 Å². The van der Waals surface area contributed by atoms with Gasteiger partial charge in [-0.05, 0) is 22.0 Å². The van der Waals surface area contributed by atoms with Gasteiger partial charge in [0.1, 0.15) is 11.8 Å². The minimum atomic E-state index is 0.452. The Morgan fingerprint density at radius 2 is 2.45 bits per heavy atom. The Bertz CT molecular complexity index is 394. The van der Waals surface area contributed by atoms with Crippen molar-refractivity contribution >= 4 is 27.3 Å². The highest BCUT2D eigenvalue weighted by Crippen LogP contribution is 2.20. The third-order valence-electron chi connectivity index (χ3n) is 1.36. The number of rotatable bonds is 0. The molecule has 2 aromatic heterocycles. The molecule has 2 heterocycles. The summed E-state index contributed by atoms with van der Waals surface area (Å²) in [6.45, 7) is 0. The lowest BCUT2D eigenvalue weighted by molar-refractivity contribution is 0.901. The van der Waals surface area contributed by atoms with Gasteiger partial charge in [0.05, 0.1) is 6.20 Å². The van der Waals surface area contributed by atoms with E-state index < -0.39 is 0 Å². The molecule has 0 aliphatic heterocycles. The molecule has 1 radical (unpaired) electrons. The van der Waals surface area contributed by atoms with Crippen LogP contribution in [0.15, 0.2) is 16.9 Å². The molecule has 0 bridgehead atoms. The van der Waals surface area contributed by atoms with E-state index in [0.29, 0.717) is 5.82 Å². The van der Waals surface area contributed by atoms with Gasteiger partial charge in [-0.3, -0.25) is 0 Å². The van der Waals surface area contributed by atoms with Crippen molar-refractivity contribution < 1.29 is 0 Å². The van der Waals surface area contributed by atoms with Gasteiger partial charge in [-0.25, -0.2) is 9.50 Å². The van der Waals surface area contributed by atoms with Crippen LogP contribution < -0.4 is 5.73 Å². The third kappa shape index (κ3) is 0.883. The number of nitrogen functional groups attached to an aromatic ring is 1. The van der Waals surface area contributed by atoms with E-state index in [1.54, 1.807) is 10.6 Å². The average molecular weight is 212 g/mol. The van der Waals surface area contributed by atoms with E-state index in [9.17, 15) is 0 Å². The molecule has 0 atom stereocenters. The molecule has 0 aliphatic carbocycles. The van der Waals surface area contributed by atoms with Crippen molar-refractivity contribution in [1.82, 2.24) is 14.6 Å². The number of aromatic nitrogens is 3. The van der Waals surface area contributed by atoms with Crippen LogP contribution in [-0.2, 0) is 0 Å². The first kappa shape index (κ1) is 6.60. The van der Waals surface area contributed by atoms with Crippen LogP contribution in [-0.4, -0.2) is 14.6 Å². The summed E-state index contributed by atoms with van der Waals surface area (Å²) >= 11 is 3.31. The molecule has 4 nitrogen and oxygen atoms in total. The van der Waals surface area contributed by atoms with E-state index in [4.69, 9.17) is 5.73 Å². The average Bonchev–Trinajstić information content (AvgIpc) is 2.34. The van der Waals surface area contributed by atoms with Crippen LogP contribution >= 0.6 is 15.9 Å². The zero-order valence-corrected chi connectivity index (χ0v) is 7.04. The number of halogens is 1. The van der Waals surface area contributed by atoms with Crippen molar-refractivity contribution in [3.8, 4) is 0 Å². The maximum atomic E-state index is 5.58. The number of nitrogens with zero attached hydrogens (tertiary/aromatic N) is 3. The van der Waals surface area contributed by atoms with Gasteiger partial charge in [0.2, 0.25) is 0 Å². The summed E-state index contributed by atoms with van der Waals surface area (Å²) in [6.07, 6.45) is 4.26.